The molecule has 232 valence electrons. The van der Waals surface area contributed by atoms with Crippen LogP contribution in [0.25, 0.3) is 11.1 Å². The molecule has 2 aromatic carbocycles. The van der Waals surface area contributed by atoms with Gasteiger partial charge in [-0.15, -0.1) is 0 Å². The van der Waals surface area contributed by atoms with Crippen molar-refractivity contribution in [2.24, 2.45) is 5.41 Å². The van der Waals surface area contributed by atoms with Crippen LogP contribution >= 0.6 is 0 Å². The molecule has 0 radical (unpaired) electrons. The summed E-state index contributed by atoms with van der Waals surface area (Å²) in [5.41, 5.74) is 9.37. The van der Waals surface area contributed by atoms with E-state index in [2.05, 4.69) is 54.0 Å². The Morgan fingerprint density at radius 1 is 1.07 bits per heavy atom. The van der Waals surface area contributed by atoms with Gasteiger partial charge in [0.1, 0.15) is 0 Å². The molecule has 0 aliphatic carbocycles. The molecule has 1 saturated heterocycles. The summed E-state index contributed by atoms with van der Waals surface area (Å²) in [4.78, 5) is 22.6. The van der Waals surface area contributed by atoms with Crippen LogP contribution in [0.15, 0.2) is 42.5 Å². The number of anilines is 1. The molecule has 1 aromatic heterocycles. The molecule has 7 nitrogen and oxygen atoms in total. The molecule has 1 N–H and O–H groups in total. The van der Waals surface area contributed by atoms with Crippen LogP contribution in [0.3, 0.4) is 0 Å². The van der Waals surface area contributed by atoms with Gasteiger partial charge in [-0.2, -0.15) is 5.26 Å². The van der Waals surface area contributed by atoms with E-state index in [-0.39, 0.29) is 5.41 Å². The Bertz CT molecular complexity index is 1590. The third-order valence-electron chi connectivity index (χ3n) is 9.02. The van der Waals surface area contributed by atoms with Crippen molar-refractivity contribution < 1.29 is 14.6 Å². The van der Waals surface area contributed by atoms with E-state index >= 15 is 0 Å². The first-order valence-electron chi connectivity index (χ1n) is 15.7. The van der Waals surface area contributed by atoms with Crippen LogP contribution in [0.4, 0.5) is 5.69 Å². The number of aromatic nitrogens is 1. The number of nitrogens with zero attached hydrogens (tertiary/aromatic N) is 4. The fourth-order valence-corrected chi connectivity index (χ4v) is 6.65. The summed E-state index contributed by atoms with van der Waals surface area (Å²) in [6.45, 7) is 18.6. The lowest BCUT2D eigenvalue weighted by atomic mass is 9.81. The van der Waals surface area contributed by atoms with Gasteiger partial charge in [0.25, 0.3) is 0 Å². The van der Waals surface area contributed by atoms with Gasteiger partial charge in [-0.1, -0.05) is 44.2 Å². The van der Waals surface area contributed by atoms with Gasteiger partial charge >= 0.3 is 5.97 Å². The SMILES string of the molecule is Cc1nc(C)c([C@H](OC(C)(C)C)C(=O)O)c(N2CCC(C)(C)CC2)c1-c1ccc2c(c1)CCN(Cc1cccc(C#N)c1)C2. The summed E-state index contributed by atoms with van der Waals surface area (Å²) in [6.07, 6.45) is 1.85. The molecule has 1 fully saturated rings. The lowest BCUT2D eigenvalue weighted by molar-refractivity contribution is -0.160. The number of hydrogen-bond donors (Lipinski definition) is 1. The fourth-order valence-electron chi connectivity index (χ4n) is 6.65. The number of pyridine rings is 1. The minimum Gasteiger partial charge on any atom is -0.479 e. The summed E-state index contributed by atoms with van der Waals surface area (Å²) in [7, 11) is 0. The molecule has 0 unspecified atom stereocenters. The van der Waals surface area contributed by atoms with Crippen LogP contribution in [0.5, 0.6) is 0 Å². The highest BCUT2D eigenvalue weighted by Gasteiger charge is 2.36. The number of rotatable bonds is 7. The van der Waals surface area contributed by atoms with Crippen LogP contribution in [0.2, 0.25) is 0 Å². The molecule has 1 atom stereocenters. The molecule has 0 amide bonds. The van der Waals surface area contributed by atoms with Crippen LogP contribution in [0.1, 0.15) is 92.8 Å². The van der Waals surface area contributed by atoms with Gasteiger partial charge in [-0.3, -0.25) is 9.88 Å². The first kappa shape index (κ1) is 31.7. The standard InChI is InChI=1S/C37H46N4O3/c1-24-31(29-11-12-30-23-40(16-13-28(30)20-29)22-27-10-8-9-26(19-27)21-38)33(41-17-14-37(6,7)15-18-41)32(25(2)39-24)34(35(42)43)44-36(3,4)5/h8-12,19-20,34H,13-18,22-23H2,1-7H3,(H,42,43)/t34-/m0/s1. The highest BCUT2D eigenvalue weighted by atomic mass is 16.5. The number of piperidine rings is 1. The van der Waals surface area contributed by atoms with Gasteiger partial charge < -0.3 is 14.7 Å². The number of ether oxygens (including phenoxy) is 1. The number of aliphatic carboxylic acids is 1. The van der Waals surface area contributed by atoms with E-state index in [4.69, 9.17) is 9.72 Å². The predicted molar refractivity (Wildman–Crippen MR) is 175 cm³/mol. The summed E-state index contributed by atoms with van der Waals surface area (Å²) in [5, 5.41) is 19.8. The molecule has 2 aliphatic heterocycles. The molecule has 0 saturated carbocycles. The number of carboxylic acid groups (broad SMARTS) is 1. The van der Waals surface area contributed by atoms with E-state index in [1.807, 2.05) is 52.8 Å². The van der Waals surface area contributed by atoms with Crippen molar-refractivity contribution in [3.8, 4) is 17.2 Å². The maximum absolute atomic E-state index is 12.8. The van der Waals surface area contributed by atoms with Crippen molar-refractivity contribution in [2.75, 3.05) is 24.5 Å². The van der Waals surface area contributed by atoms with Gasteiger partial charge in [0.2, 0.25) is 0 Å². The Kier molecular flexibility index (Phi) is 8.89. The van der Waals surface area contributed by atoms with Crippen molar-refractivity contribution in [3.05, 3.63) is 81.7 Å². The monoisotopic (exact) mass is 594 g/mol. The normalized spacial score (nSPS) is 17.5. The maximum atomic E-state index is 12.8. The van der Waals surface area contributed by atoms with E-state index in [1.54, 1.807) is 0 Å². The van der Waals surface area contributed by atoms with Crippen molar-refractivity contribution in [1.82, 2.24) is 9.88 Å². The average Bonchev–Trinajstić information content (AvgIpc) is 2.95. The third-order valence-corrected chi connectivity index (χ3v) is 9.02. The minimum atomic E-state index is -1.13. The van der Waals surface area contributed by atoms with Crippen molar-refractivity contribution in [1.29, 1.82) is 5.26 Å². The number of aryl methyl sites for hydroxylation is 2. The average molecular weight is 595 g/mol. The largest absolute Gasteiger partial charge is 0.479 e. The zero-order valence-corrected chi connectivity index (χ0v) is 27.3. The Morgan fingerprint density at radius 2 is 1.80 bits per heavy atom. The molecule has 7 heteroatoms. The van der Waals surface area contributed by atoms with Crippen LogP contribution in [0, 0.1) is 30.6 Å². The summed E-state index contributed by atoms with van der Waals surface area (Å²) >= 11 is 0. The molecular formula is C37H46N4O3. The van der Waals surface area contributed by atoms with Crippen molar-refractivity contribution in [3.63, 3.8) is 0 Å². The second-order valence-corrected chi connectivity index (χ2v) is 14.3. The summed E-state index contributed by atoms with van der Waals surface area (Å²) in [5.74, 6) is -0.996. The van der Waals surface area contributed by atoms with E-state index in [9.17, 15) is 15.2 Å². The molecule has 2 aliphatic rings. The zero-order chi connectivity index (χ0) is 31.8. The first-order valence-corrected chi connectivity index (χ1v) is 15.7. The van der Waals surface area contributed by atoms with E-state index in [0.29, 0.717) is 16.8 Å². The number of benzene rings is 2. The molecule has 3 heterocycles. The van der Waals surface area contributed by atoms with Gasteiger partial charge in [0, 0.05) is 55.2 Å². The Labute approximate surface area is 262 Å². The van der Waals surface area contributed by atoms with Gasteiger partial charge in [-0.25, -0.2) is 4.79 Å². The molecule has 3 aromatic rings. The Morgan fingerprint density at radius 3 is 2.45 bits per heavy atom. The molecule has 44 heavy (non-hydrogen) atoms. The van der Waals surface area contributed by atoms with Gasteiger partial charge in [0.15, 0.2) is 6.10 Å². The number of hydrogen-bond acceptors (Lipinski definition) is 6. The third kappa shape index (κ3) is 6.98. The summed E-state index contributed by atoms with van der Waals surface area (Å²) in [6, 6.07) is 16.8. The number of carbonyl (C=O) groups is 1. The van der Waals surface area contributed by atoms with Crippen LogP contribution < -0.4 is 4.90 Å². The predicted octanol–water partition coefficient (Wildman–Crippen LogP) is 7.36. The first-order chi connectivity index (χ1) is 20.7. The second kappa shape index (κ2) is 12.3. The topological polar surface area (TPSA) is 89.7 Å². The summed E-state index contributed by atoms with van der Waals surface area (Å²) < 4.78 is 6.25. The zero-order valence-electron chi connectivity index (χ0n) is 27.3. The van der Waals surface area contributed by atoms with Crippen LogP contribution in [-0.2, 0) is 29.0 Å². The molecule has 5 rings (SSSR count). The highest BCUT2D eigenvalue weighted by molar-refractivity contribution is 5.88. The number of carboxylic acids is 1. The van der Waals surface area contributed by atoms with Gasteiger partial charge in [-0.05, 0) is 93.7 Å². The maximum Gasteiger partial charge on any atom is 0.337 e. The van der Waals surface area contributed by atoms with E-state index in [0.717, 1.165) is 80.1 Å². The van der Waals surface area contributed by atoms with Crippen molar-refractivity contribution in [2.45, 2.75) is 92.5 Å². The number of nitriles is 1. The Balaban J connectivity index is 1.56. The quantitative estimate of drug-likeness (QED) is 0.306. The van der Waals surface area contributed by atoms with E-state index in [1.165, 1.54) is 11.1 Å². The van der Waals surface area contributed by atoms with Crippen LogP contribution in [-0.4, -0.2) is 46.2 Å². The minimum absolute atomic E-state index is 0.246. The number of fused-ring (bicyclic) bond motifs is 1. The van der Waals surface area contributed by atoms with E-state index < -0.39 is 17.7 Å². The lowest BCUT2D eigenvalue weighted by Gasteiger charge is -2.41. The lowest BCUT2D eigenvalue weighted by Crippen LogP contribution is -2.39. The Hall–Kier alpha value is -3.73. The molecule has 0 spiro atoms. The molecule has 0 bridgehead atoms. The van der Waals surface area contributed by atoms with Crippen molar-refractivity contribution >= 4 is 11.7 Å². The highest BCUT2D eigenvalue weighted by Crippen LogP contribution is 2.45. The fraction of sp³-hybridized carbons (Fsp3) is 0.486. The second-order valence-electron chi connectivity index (χ2n) is 14.3. The molecular weight excluding hydrogens is 548 g/mol. The smallest absolute Gasteiger partial charge is 0.337 e. The van der Waals surface area contributed by atoms with Gasteiger partial charge in [0.05, 0.1) is 22.9 Å².